The highest BCUT2D eigenvalue weighted by Crippen LogP contribution is 2.30. The van der Waals surface area contributed by atoms with Gasteiger partial charge >= 0.3 is 0 Å². The molecule has 0 atom stereocenters. The maximum absolute atomic E-state index is 12.7. The average molecular weight is 458 g/mol. The first kappa shape index (κ1) is 21.2. The summed E-state index contributed by atoms with van der Waals surface area (Å²) in [6.45, 7) is 3.18. The molecular weight excluding hydrogens is 438 g/mol. The Bertz CT molecular complexity index is 1110. The van der Waals surface area contributed by atoms with Gasteiger partial charge in [0.1, 0.15) is 5.82 Å². The Balaban J connectivity index is 1.37. The summed E-state index contributed by atoms with van der Waals surface area (Å²) in [5.74, 6) is 0.705. The van der Waals surface area contributed by atoms with Crippen LogP contribution in [0.2, 0.25) is 5.02 Å². The number of hydrogen-bond acceptors (Lipinski definition) is 7. The van der Waals surface area contributed by atoms with Crippen molar-refractivity contribution in [3.8, 4) is 11.3 Å². The first-order valence-electron chi connectivity index (χ1n) is 9.79. The fourth-order valence-corrected chi connectivity index (χ4v) is 4.40. The molecular formula is C21H20ClN5O3S. The van der Waals surface area contributed by atoms with Gasteiger partial charge in [-0.05, 0) is 31.9 Å². The van der Waals surface area contributed by atoms with Crippen LogP contribution in [0, 0.1) is 23.0 Å². The number of piperidine rings is 1. The molecule has 8 nitrogen and oxygen atoms in total. The van der Waals surface area contributed by atoms with E-state index in [0.717, 1.165) is 31.7 Å². The van der Waals surface area contributed by atoms with Crippen molar-refractivity contribution in [3.63, 3.8) is 0 Å². The number of nitro benzene ring substituents is 1. The summed E-state index contributed by atoms with van der Waals surface area (Å²) in [5, 5.41) is 17.0. The van der Waals surface area contributed by atoms with Gasteiger partial charge in [0, 0.05) is 47.8 Å². The third-order valence-electron chi connectivity index (χ3n) is 5.34. The van der Waals surface area contributed by atoms with Crippen LogP contribution in [0.4, 0.5) is 16.6 Å². The summed E-state index contributed by atoms with van der Waals surface area (Å²) < 4.78 is 0. The lowest BCUT2D eigenvalue weighted by Crippen LogP contribution is -2.38. The van der Waals surface area contributed by atoms with Gasteiger partial charge < -0.3 is 10.2 Å². The number of rotatable bonds is 5. The van der Waals surface area contributed by atoms with E-state index < -0.39 is 4.92 Å². The number of thiazole rings is 1. The number of carbonyl (C=O) groups is 1. The number of aromatic nitrogens is 2. The lowest BCUT2D eigenvalue weighted by molar-refractivity contribution is -0.385. The molecule has 1 fully saturated rings. The van der Waals surface area contributed by atoms with Crippen molar-refractivity contribution in [2.75, 3.05) is 23.3 Å². The van der Waals surface area contributed by atoms with Crippen LogP contribution < -0.4 is 10.2 Å². The molecule has 1 N–H and O–H groups in total. The predicted octanol–water partition coefficient (Wildman–Crippen LogP) is 4.93. The largest absolute Gasteiger partial charge is 0.357 e. The number of nitro groups is 1. The minimum absolute atomic E-state index is 0.0537. The molecule has 1 amide bonds. The van der Waals surface area contributed by atoms with E-state index in [9.17, 15) is 14.9 Å². The zero-order chi connectivity index (χ0) is 22.0. The molecule has 2 aromatic heterocycles. The van der Waals surface area contributed by atoms with Crippen LogP contribution >= 0.6 is 22.9 Å². The molecule has 1 aliphatic heterocycles. The zero-order valence-electron chi connectivity index (χ0n) is 16.7. The third kappa shape index (κ3) is 4.83. The minimum Gasteiger partial charge on any atom is -0.357 e. The number of anilines is 2. The normalized spacial score (nSPS) is 14.5. The van der Waals surface area contributed by atoms with Gasteiger partial charge in [-0.1, -0.05) is 23.7 Å². The van der Waals surface area contributed by atoms with Crippen molar-refractivity contribution in [1.29, 1.82) is 0 Å². The van der Waals surface area contributed by atoms with Crippen LogP contribution in [-0.2, 0) is 4.79 Å². The predicted molar refractivity (Wildman–Crippen MR) is 122 cm³/mol. The summed E-state index contributed by atoms with van der Waals surface area (Å²) >= 11 is 7.20. The smallest absolute Gasteiger partial charge is 0.272 e. The summed E-state index contributed by atoms with van der Waals surface area (Å²) in [7, 11) is 0. The Morgan fingerprint density at radius 2 is 2.06 bits per heavy atom. The second-order valence-corrected chi connectivity index (χ2v) is 8.68. The standard InChI is InChI=1S/C21H20ClN5O3S/c1-13-2-3-15(10-18(13)27(29)30)17-12-31-21(24-17)25-20(28)14-6-8-26(9-7-14)19-5-4-16(22)11-23-19/h2-5,10-12,14H,6-9H2,1H3,(H,24,25,28). The highest BCUT2D eigenvalue weighted by Gasteiger charge is 2.26. The lowest BCUT2D eigenvalue weighted by Gasteiger charge is -2.31. The maximum Gasteiger partial charge on any atom is 0.272 e. The van der Waals surface area contributed by atoms with E-state index >= 15 is 0 Å². The van der Waals surface area contributed by atoms with E-state index in [1.54, 1.807) is 30.6 Å². The number of halogens is 1. The van der Waals surface area contributed by atoms with Gasteiger partial charge in [-0.3, -0.25) is 14.9 Å². The van der Waals surface area contributed by atoms with E-state index in [1.807, 2.05) is 12.1 Å². The summed E-state index contributed by atoms with van der Waals surface area (Å²) in [4.78, 5) is 34.4. The zero-order valence-corrected chi connectivity index (χ0v) is 18.3. The molecule has 0 saturated carbocycles. The number of pyridine rings is 1. The molecule has 31 heavy (non-hydrogen) atoms. The minimum atomic E-state index is -0.403. The van der Waals surface area contributed by atoms with Crippen LogP contribution in [0.15, 0.2) is 41.9 Å². The SMILES string of the molecule is Cc1ccc(-c2csc(NC(=O)C3CCN(c4ccc(Cl)cn4)CC3)n2)cc1[N+](=O)[O-]. The Morgan fingerprint density at radius 1 is 1.29 bits per heavy atom. The van der Waals surface area contributed by atoms with Gasteiger partial charge in [-0.15, -0.1) is 11.3 Å². The molecule has 3 heterocycles. The molecule has 0 radical (unpaired) electrons. The number of nitrogens with zero attached hydrogens (tertiary/aromatic N) is 4. The van der Waals surface area contributed by atoms with E-state index in [4.69, 9.17) is 11.6 Å². The van der Waals surface area contributed by atoms with E-state index in [1.165, 1.54) is 17.4 Å². The second kappa shape index (κ2) is 8.99. The number of hydrogen-bond donors (Lipinski definition) is 1. The Labute approximate surface area is 188 Å². The highest BCUT2D eigenvalue weighted by molar-refractivity contribution is 7.14. The van der Waals surface area contributed by atoms with Crippen molar-refractivity contribution in [2.45, 2.75) is 19.8 Å². The summed E-state index contributed by atoms with van der Waals surface area (Å²) in [6.07, 6.45) is 3.06. The molecule has 1 aliphatic rings. The Hall–Kier alpha value is -3.04. The summed E-state index contributed by atoms with van der Waals surface area (Å²) in [5.41, 5.74) is 1.90. The number of benzene rings is 1. The summed E-state index contributed by atoms with van der Waals surface area (Å²) in [6, 6.07) is 8.70. The van der Waals surface area contributed by atoms with Gasteiger partial charge in [0.2, 0.25) is 5.91 Å². The van der Waals surface area contributed by atoms with Gasteiger partial charge in [0.05, 0.1) is 15.6 Å². The second-order valence-electron chi connectivity index (χ2n) is 7.38. The average Bonchev–Trinajstić information content (AvgIpc) is 3.23. The topological polar surface area (TPSA) is 101 Å². The lowest BCUT2D eigenvalue weighted by atomic mass is 9.96. The molecule has 4 rings (SSSR count). The van der Waals surface area contributed by atoms with Gasteiger partial charge in [0.25, 0.3) is 5.69 Å². The van der Waals surface area contributed by atoms with Crippen molar-refractivity contribution in [3.05, 3.63) is 62.6 Å². The van der Waals surface area contributed by atoms with Crippen molar-refractivity contribution in [1.82, 2.24) is 9.97 Å². The van der Waals surface area contributed by atoms with Gasteiger partial charge in [0.15, 0.2) is 5.13 Å². The molecule has 0 unspecified atom stereocenters. The number of nitrogens with one attached hydrogen (secondary N) is 1. The first-order chi connectivity index (χ1) is 14.9. The van der Waals surface area contributed by atoms with Crippen molar-refractivity contribution < 1.29 is 9.72 Å². The number of carbonyl (C=O) groups excluding carboxylic acids is 1. The Morgan fingerprint density at radius 3 is 2.74 bits per heavy atom. The molecule has 1 aromatic carbocycles. The fraction of sp³-hybridized carbons (Fsp3) is 0.286. The van der Waals surface area contributed by atoms with Crippen LogP contribution in [0.3, 0.4) is 0 Å². The molecule has 0 aliphatic carbocycles. The number of amides is 1. The molecule has 10 heteroatoms. The maximum atomic E-state index is 12.7. The van der Waals surface area contributed by atoms with Crippen molar-refractivity contribution >= 4 is 45.5 Å². The Kier molecular flexibility index (Phi) is 6.15. The molecule has 0 spiro atoms. The van der Waals surface area contributed by atoms with Gasteiger partial charge in [-0.25, -0.2) is 9.97 Å². The molecule has 3 aromatic rings. The van der Waals surface area contributed by atoms with E-state index in [0.29, 0.717) is 27.0 Å². The van der Waals surface area contributed by atoms with E-state index in [2.05, 4.69) is 20.2 Å². The van der Waals surface area contributed by atoms with E-state index in [-0.39, 0.29) is 17.5 Å². The van der Waals surface area contributed by atoms with Crippen LogP contribution in [0.25, 0.3) is 11.3 Å². The third-order valence-corrected chi connectivity index (χ3v) is 6.32. The number of aryl methyl sites for hydroxylation is 1. The molecule has 160 valence electrons. The quantitative estimate of drug-likeness (QED) is 0.430. The van der Waals surface area contributed by atoms with Crippen LogP contribution in [0.1, 0.15) is 18.4 Å². The molecule has 1 saturated heterocycles. The van der Waals surface area contributed by atoms with Crippen molar-refractivity contribution in [2.24, 2.45) is 5.92 Å². The first-order valence-corrected chi connectivity index (χ1v) is 11.0. The highest BCUT2D eigenvalue weighted by atomic mass is 35.5. The fourth-order valence-electron chi connectivity index (χ4n) is 3.56. The van der Waals surface area contributed by atoms with Gasteiger partial charge in [-0.2, -0.15) is 0 Å². The molecule has 0 bridgehead atoms. The monoisotopic (exact) mass is 457 g/mol. The van der Waals surface area contributed by atoms with Crippen LogP contribution in [0.5, 0.6) is 0 Å². The van der Waals surface area contributed by atoms with Crippen LogP contribution in [-0.4, -0.2) is 33.9 Å².